The number of ketones is 1. The number of aliphatic hydroxyl groups excluding tert-OH is 1. The second-order valence-electron chi connectivity index (χ2n) is 14.2. The van der Waals surface area contributed by atoms with Crippen molar-refractivity contribution in [1.82, 2.24) is 0 Å². The van der Waals surface area contributed by atoms with E-state index in [0.29, 0.717) is 6.42 Å². The number of rotatable bonds is 4. The van der Waals surface area contributed by atoms with Crippen LogP contribution in [-0.2, 0) is 19.1 Å². The summed E-state index contributed by atoms with van der Waals surface area (Å²) in [6.45, 7) is 15.3. The fraction of sp³-hybridized carbons (Fsp3) is 0.806. The fourth-order valence-corrected chi connectivity index (χ4v) is 10.3. The third-order valence-electron chi connectivity index (χ3n) is 11.8. The van der Waals surface area contributed by atoms with E-state index >= 15 is 0 Å². The van der Waals surface area contributed by atoms with Crippen LogP contribution < -0.4 is 0 Å². The first-order valence-corrected chi connectivity index (χ1v) is 14.0. The van der Waals surface area contributed by atoms with E-state index in [1.807, 2.05) is 6.08 Å². The minimum absolute atomic E-state index is 0.0268. The lowest BCUT2D eigenvalue weighted by Crippen LogP contribution is -2.64. The normalized spacial score (nSPS) is 48.8. The molecule has 0 aromatic rings. The molecule has 200 valence electrons. The topological polar surface area (TPSA) is 72.8 Å². The van der Waals surface area contributed by atoms with Crippen molar-refractivity contribution < 1.29 is 24.2 Å². The van der Waals surface area contributed by atoms with E-state index < -0.39 is 11.5 Å². The predicted octanol–water partition coefficient (Wildman–Crippen LogP) is 5.65. The lowest BCUT2D eigenvalue weighted by molar-refractivity contribution is -0.193. The molecule has 0 amide bonds. The number of allylic oxidation sites excluding steroid dienone is 4. The molecule has 4 aliphatic carbocycles. The third kappa shape index (κ3) is 3.27. The average Bonchev–Trinajstić information content (AvgIpc) is 3.16. The lowest BCUT2D eigenvalue weighted by atomic mass is 9.40. The van der Waals surface area contributed by atoms with E-state index in [0.717, 1.165) is 32.1 Å². The van der Waals surface area contributed by atoms with Gasteiger partial charge >= 0.3 is 5.97 Å². The maximum atomic E-state index is 14.0. The summed E-state index contributed by atoms with van der Waals surface area (Å²) in [5.41, 5.74) is 1.47. The van der Waals surface area contributed by atoms with Crippen molar-refractivity contribution in [1.29, 1.82) is 0 Å². The van der Waals surface area contributed by atoms with Gasteiger partial charge in [0.2, 0.25) is 0 Å². The number of carbonyl (C=O) groups is 2. The number of methoxy groups -OCH3 is 1. The Hall–Kier alpha value is -1.46. The molecule has 1 heterocycles. The Balaban J connectivity index is 1.54. The molecular formula is C31H46O5. The Bertz CT molecular complexity index is 1020. The summed E-state index contributed by atoms with van der Waals surface area (Å²) < 4.78 is 11.8. The smallest absolute Gasteiger partial charge is 0.309 e. The second kappa shape index (κ2) is 8.27. The highest BCUT2D eigenvalue weighted by molar-refractivity contribution is 5.95. The lowest BCUT2D eigenvalue weighted by Gasteiger charge is -2.64. The summed E-state index contributed by atoms with van der Waals surface area (Å²) >= 11 is 0. The molecule has 0 aromatic heterocycles. The van der Waals surface area contributed by atoms with Crippen molar-refractivity contribution in [3.05, 3.63) is 23.3 Å². The molecule has 0 bridgehead atoms. The number of hydrogen-bond acceptors (Lipinski definition) is 5. The van der Waals surface area contributed by atoms with Gasteiger partial charge in [0.05, 0.1) is 18.1 Å². The Morgan fingerprint density at radius 1 is 1.17 bits per heavy atom. The van der Waals surface area contributed by atoms with Crippen LogP contribution in [0.4, 0.5) is 0 Å². The van der Waals surface area contributed by atoms with Gasteiger partial charge in [0.25, 0.3) is 0 Å². The zero-order valence-electron chi connectivity index (χ0n) is 23.5. The van der Waals surface area contributed by atoms with Gasteiger partial charge in [0.1, 0.15) is 6.10 Å². The Morgan fingerprint density at radius 2 is 1.86 bits per heavy atom. The predicted molar refractivity (Wildman–Crippen MR) is 139 cm³/mol. The minimum Gasteiger partial charge on any atom is -0.462 e. The highest BCUT2D eigenvalue weighted by Crippen LogP contribution is 2.74. The maximum Gasteiger partial charge on any atom is 0.309 e. The molecule has 5 nitrogen and oxygen atoms in total. The number of aliphatic hydroxyl groups is 1. The number of ether oxygens (including phenoxy) is 2. The Morgan fingerprint density at radius 3 is 2.50 bits per heavy atom. The minimum atomic E-state index is -0.595. The van der Waals surface area contributed by atoms with Crippen LogP contribution in [0.1, 0.15) is 87.0 Å². The standard InChI is InChI=1S/C31H46O5/c1-17(2)10-9-11-18-24-23(36-27(18)34)16-31(7)20-14-21(32)25-28(3,4)26(35-8)22(33)15-29(25,5)19(20)12-13-30(24,31)6/h10,14,18-19,22-26,33H,9,11-13,15-16H2,1-8H3/t18-,19-,22-,23+,24+,25+,26+,29-,30+,31-/m1/s1. The van der Waals surface area contributed by atoms with Crippen LogP contribution >= 0.6 is 0 Å². The van der Waals surface area contributed by atoms with Gasteiger partial charge in [-0.2, -0.15) is 0 Å². The van der Waals surface area contributed by atoms with Gasteiger partial charge in [-0.1, -0.05) is 51.8 Å². The van der Waals surface area contributed by atoms with Crippen molar-refractivity contribution in [2.45, 2.75) is 105 Å². The van der Waals surface area contributed by atoms with Crippen molar-refractivity contribution >= 4 is 11.8 Å². The fourth-order valence-electron chi connectivity index (χ4n) is 10.3. The third-order valence-corrected chi connectivity index (χ3v) is 11.8. The molecule has 4 fully saturated rings. The largest absolute Gasteiger partial charge is 0.462 e. The van der Waals surface area contributed by atoms with Crippen LogP contribution in [0.2, 0.25) is 0 Å². The Labute approximate surface area is 217 Å². The number of fused-ring (bicyclic) bond motifs is 7. The van der Waals surface area contributed by atoms with E-state index in [-0.39, 0.29) is 63.9 Å². The summed E-state index contributed by atoms with van der Waals surface area (Å²) in [5, 5.41) is 11.2. The number of esters is 1. The first-order valence-electron chi connectivity index (χ1n) is 14.0. The van der Waals surface area contributed by atoms with E-state index in [4.69, 9.17) is 9.47 Å². The van der Waals surface area contributed by atoms with Crippen LogP contribution in [-0.4, -0.2) is 42.3 Å². The van der Waals surface area contributed by atoms with Gasteiger partial charge < -0.3 is 14.6 Å². The molecule has 1 saturated heterocycles. The zero-order chi connectivity index (χ0) is 26.4. The molecule has 1 aliphatic heterocycles. The van der Waals surface area contributed by atoms with Gasteiger partial charge in [-0.25, -0.2) is 0 Å². The molecule has 5 rings (SSSR count). The van der Waals surface area contributed by atoms with Crippen LogP contribution in [0, 0.1) is 45.3 Å². The highest BCUT2D eigenvalue weighted by Gasteiger charge is 2.72. The van der Waals surface area contributed by atoms with Crippen LogP contribution in [0.3, 0.4) is 0 Å². The van der Waals surface area contributed by atoms with Gasteiger partial charge in [0, 0.05) is 24.4 Å². The van der Waals surface area contributed by atoms with E-state index in [9.17, 15) is 14.7 Å². The van der Waals surface area contributed by atoms with E-state index in [2.05, 4.69) is 54.5 Å². The van der Waals surface area contributed by atoms with Gasteiger partial charge in [0.15, 0.2) is 5.78 Å². The quantitative estimate of drug-likeness (QED) is 0.400. The summed E-state index contributed by atoms with van der Waals surface area (Å²) in [5.74, 6) is 0.326. The first-order chi connectivity index (χ1) is 16.7. The SMILES string of the molecule is CO[C@H]1[C@H](O)C[C@]2(C)[C@@H]3CC[C@@]4(C)[C@@H]5[C@H](C[C@]4(C)C3=CC(=O)[C@H]2C1(C)C)OC(=O)[C@@H]5CCC=C(C)C. The Kier molecular flexibility index (Phi) is 6.01. The number of carbonyl (C=O) groups excluding carboxylic acids is 2. The molecule has 0 radical (unpaired) electrons. The molecule has 36 heavy (non-hydrogen) atoms. The first kappa shape index (κ1) is 26.2. The van der Waals surface area contributed by atoms with Crippen molar-refractivity contribution in [2.24, 2.45) is 45.3 Å². The zero-order valence-corrected chi connectivity index (χ0v) is 23.5. The molecule has 0 spiro atoms. The average molecular weight is 499 g/mol. The summed E-state index contributed by atoms with van der Waals surface area (Å²) in [6.07, 6.45) is 8.29. The molecular weight excluding hydrogens is 452 g/mol. The molecule has 3 saturated carbocycles. The molecule has 5 heteroatoms. The van der Waals surface area contributed by atoms with Crippen molar-refractivity contribution in [3.63, 3.8) is 0 Å². The molecule has 1 N–H and O–H groups in total. The van der Waals surface area contributed by atoms with E-state index in [1.165, 1.54) is 11.1 Å². The second-order valence-corrected chi connectivity index (χ2v) is 14.2. The summed E-state index contributed by atoms with van der Waals surface area (Å²) in [6, 6.07) is 0. The highest BCUT2D eigenvalue weighted by atomic mass is 16.6. The van der Waals surface area contributed by atoms with Crippen molar-refractivity contribution in [3.8, 4) is 0 Å². The monoisotopic (exact) mass is 498 g/mol. The molecule has 0 aromatic carbocycles. The van der Waals surface area contributed by atoms with Gasteiger partial charge in [-0.15, -0.1) is 0 Å². The van der Waals surface area contributed by atoms with Crippen LogP contribution in [0.25, 0.3) is 0 Å². The van der Waals surface area contributed by atoms with Crippen molar-refractivity contribution in [2.75, 3.05) is 7.11 Å². The summed E-state index contributed by atoms with van der Waals surface area (Å²) in [7, 11) is 1.65. The van der Waals surface area contributed by atoms with Crippen LogP contribution in [0.5, 0.6) is 0 Å². The molecule has 5 aliphatic rings. The molecule has 10 atom stereocenters. The maximum absolute atomic E-state index is 14.0. The van der Waals surface area contributed by atoms with E-state index in [1.54, 1.807) is 7.11 Å². The van der Waals surface area contributed by atoms with Gasteiger partial charge in [-0.05, 0) is 80.6 Å². The van der Waals surface area contributed by atoms with Gasteiger partial charge in [-0.3, -0.25) is 9.59 Å². The molecule has 0 unspecified atom stereocenters. The number of hydrogen-bond donors (Lipinski definition) is 1. The van der Waals surface area contributed by atoms with Crippen LogP contribution in [0.15, 0.2) is 23.3 Å². The summed E-state index contributed by atoms with van der Waals surface area (Å²) in [4.78, 5) is 26.9.